The Bertz CT molecular complexity index is 1200. The van der Waals surface area contributed by atoms with Gasteiger partial charge in [-0.2, -0.15) is 10.1 Å². The number of halogens is 1. The molecule has 0 spiro atoms. The summed E-state index contributed by atoms with van der Waals surface area (Å²) in [6.07, 6.45) is 1.18. The smallest absolute Gasteiger partial charge is 0.338 e. The normalized spacial score (nSPS) is 15.2. The van der Waals surface area contributed by atoms with Gasteiger partial charge < -0.3 is 19.5 Å². The summed E-state index contributed by atoms with van der Waals surface area (Å²) in [5.41, 5.74) is 2.76. The predicted molar refractivity (Wildman–Crippen MR) is 124 cm³/mol. The molecule has 1 aliphatic rings. The number of nitrogens with one attached hydrogen (secondary N) is 1. The summed E-state index contributed by atoms with van der Waals surface area (Å²) >= 11 is 6.24. The van der Waals surface area contributed by atoms with Crippen molar-refractivity contribution in [2.45, 2.75) is 39.5 Å². The van der Waals surface area contributed by atoms with Crippen LogP contribution in [0, 0.1) is 0 Å². The average molecular weight is 469 g/mol. The molecule has 2 heterocycles. The van der Waals surface area contributed by atoms with Crippen molar-refractivity contribution in [3.05, 3.63) is 76.2 Å². The highest BCUT2D eigenvalue weighted by atomic mass is 35.5. The van der Waals surface area contributed by atoms with Gasteiger partial charge in [0, 0.05) is 16.3 Å². The molecule has 1 aromatic heterocycles. The maximum atomic E-state index is 13.0. The highest BCUT2D eigenvalue weighted by Gasteiger charge is 2.35. The molecule has 1 atom stereocenters. The quantitative estimate of drug-likeness (QED) is 0.500. The molecule has 0 aliphatic carbocycles. The Kier molecular flexibility index (Phi) is 6.55. The van der Waals surface area contributed by atoms with Crippen LogP contribution in [0.1, 0.15) is 37.9 Å². The Morgan fingerprint density at radius 1 is 1.21 bits per heavy atom. The van der Waals surface area contributed by atoms with Crippen LogP contribution in [0.5, 0.6) is 11.5 Å². The van der Waals surface area contributed by atoms with Crippen LogP contribution in [-0.4, -0.2) is 33.9 Å². The molecule has 0 saturated heterocycles. The maximum Gasteiger partial charge on any atom is 0.338 e. The van der Waals surface area contributed by atoms with Crippen LogP contribution >= 0.6 is 11.6 Å². The number of rotatable bonds is 7. The van der Waals surface area contributed by atoms with E-state index in [0.717, 1.165) is 11.1 Å². The van der Waals surface area contributed by atoms with Crippen molar-refractivity contribution < 1.29 is 19.0 Å². The number of hydrogen-bond acceptors (Lipinski definition) is 7. The number of ether oxygens (including phenoxy) is 3. The van der Waals surface area contributed by atoms with E-state index in [9.17, 15) is 4.79 Å². The van der Waals surface area contributed by atoms with Gasteiger partial charge in [0.25, 0.3) is 0 Å². The van der Waals surface area contributed by atoms with Crippen LogP contribution in [0.3, 0.4) is 0 Å². The van der Waals surface area contributed by atoms with Gasteiger partial charge >= 0.3 is 5.97 Å². The molecule has 8 nitrogen and oxygen atoms in total. The van der Waals surface area contributed by atoms with Gasteiger partial charge in [-0.05, 0) is 44.5 Å². The minimum absolute atomic E-state index is 0.259. The lowest BCUT2D eigenvalue weighted by atomic mass is 9.95. The Labute approximate surface area is 197 Å². The Morgan fingerprint density at radius 3 is 2.73 bits per heavy atom. The van der Waals surface area contributed by atoms with E-state index < -0.39 is 12.0 Å². The first-order valence-corrected chi connectivity index (χ1v) is 10.9. The van der Waals surface area contributed by atoms with E-state index in [0.29, 0.717) is 40.3 Å². The second-order valence-corrected chi connectivity index (χ2v) is 8.25. The SMILES string of the molecule is COc1cc(C2C(C(=O)OC(C)C)=C(C)Nc3ncnn32)ccc1OCc1ccccc1Cl. The lowest BCUT2D eigenvalue weighted by Gasteiger charge is -2.29. The van der Waals surface area contributed by atoms with Gasteiger partial charge in [0.15, 0.2) is 11.5 Å². The van der Waals surface area contributed by atoms with Crippen molar-refractivity contribution in [2.75, 3.05) is 12.4 Å². The fraction of sp³-hybridized carbons (Fsp3) is 0.292. The number of carbonyl (C=O) groups is 1. The fourth-order valence-corrected chi connectivity index (χ4v) is 3.88. The first kappa shape index (κ1) is 22.7. The van der Waals surface area contributed by atoms with Crippen LogP contribution in [0.4, 0.5) is 5.95 Å². The van der Waals surface area contributed by atoms with Crippen LogP contribution in [0.25, 0.3) is 0 Å². The second kappa shape index (κ2) is 9.54. The molecule has 3 aromatic rings. The van der Waals surface area contributed by atoms with Gasteiger partial charge in [0.1, 0.15) is 19.0 Å². The van der Waals surface area contributed by atoms with Crippen LogP contribution in [-0.2, 0) is 16.1 Å². The lowest BCUT2D eigenvalue weighted by molar-refractivity contribution is -0.143. The van der Waals surface area contributed by atoms with E-state index in [1.165, 1.54) is 6.33 Å². The average Bonchev–Trinajstić information content (AvgIpc) is 3.25. The number of esters is 1. The van der Waals surface area contributed by atoms with Crippen molar-refractivity contribution in [2.24, 2.45) is 0 Å². The van der Waals surface area contributed by atoms with Crippen molar-refractivity contribution in [3.8, 4) is 11.5 Å². The van der Waals surface area contributed by atoms with E-state index in [1.54, 1.807) is 11.8 Å². The van der Waals surface area contributed by atoms with Crippen molar-refractivity contribution >= 4 is 23.5 Å². The minimum Gasteiger partial charge on any atom is -0.493 e. The molecule has 0 bridgehead atoms. The highest BCUT2D eigenvalue weighted by molar-refractivity contribution is 6.31. The van der Waals surface area contributed by atoms with Crippen LogP contribution in [0.2, 0.25) is 5.02 Å². The van der Waals surface area contributed by atoms with Gasteiger partial charge in [-0.1, -0.05) is 35.9 Å². The number of carbonyl (C=O) groups excluding carboxylic acids is 1. The zero-order valence-corrected chi connectivity index (χ0v) is 19.6. The number of methoxy groups -OCH3 is 1. The standard InChI is InChI=1S/C24H25ClN4O4/c1-14(2)33-23(30)21-15(3)28-24-26-13-27-29(24)22(21)16-9-10-19(20(11-16)31-4)32-12-17-7-5-6-8-18(17)25/h5-11,13-14,22H,12H2,1-4H3,(H,26,27,28). The molecule has 1 unspecified atom stereocenters. The van der Waals surface area contributed by atoms with Crippen molar-refractivity contribution in [1.82, 2.24) is 14.8 Å². The molecule has 1 N–H and O–H groups in total. The largest absolute Gasteiger partial charge is 0.493 e. The monoisotopic (exact) mass is 468 g/mol. The third-order valence-electron chi connectivity index (χ3n) is 5.20. The summed E-state index contributed by atoms with van der Waals surface area (Å²) < 4.78 is 18.8. The van der Waals surface area contributed by atoms with Gasteiger partial charge in [0.05, 0.1) is 18.8 Å². The van der Waals surface area contributed by atoms with Crippen molar-refractivity contribution in [3.63, 3.8) is 0 Å². The third kappa shape index (κ3) is 4.66. The first-order valence-electron chi connectivity index (χ1n) is 10.5. The Hall–Kier alpha value is -3.52. The highest BCUT2D eigenvalue weighted by Crippen LogP contribution is 2.39. The number of nitrogens with zero attached hydrogens (tertiary/aromatic N) is 3. The topological polar surface area (TPSA) is 87.5 Å². The molecular weight excluding hydrogens is 444 g/mol. The minimum atomic E-state index is -0.540. The summed E-state index contributed by atoms with van der Waals surface area (Å²) in [5.74, 6) is 1.20. The molecule has 2 aromatic carbocycles. The van der Waals surface area contributed by atoms with Crippen LogP contribution in [0.15, 0.2) is 60.1 Å². The van der Waals surface area contributed by atoms with E-state index in [4.69, 9.17) is 25.8 Å². The molecule has 0 fully saturated rings. The molecule has 33 heavy (non-hydrogen) atoms. The number of anilines is 1. The summed E-state index contributed by atoms with van der Waals surface area (Å²) in [6.45, 7) is 5.74. The molecule has 172 valence electrons. The number of allylic oxidation sites excluding steroid dienone is 1. The lowest BCUT2D eigenvalue weighted by Crippen LogP contribution is -2.30. The predicted octanol–water partition coefficient (Wildman–Crippen LogP) is 4.76. The zero-order chi connectivity index (χ0) is 23.5. The molecule has 0 radical (unpaired) electrons. The molecule has 0 saturated carbocycles. The number of fused-ring (bicyclic) bond motifs is 1. The summed E-state index contributed by atoms with van der Waals surface area (Å²) in [4.78, 5) is 17.3. The third-order valence-corrected chi connectivity index (χ3v) is 5.57. The zero-order valence-electron chi connectivity index (χ0n) is 18.8. The van der Waals surface area contributed by atoms with Gasteiger partial charge in [-0.15, -0.1) is 0 Å². The Morgan fingerprint density at radius 2 is 2.00 bits per heavy atom. The van der Waals surface area contributed by atoms with Crippen molar-refractivity contribution in [1.29, 1.82) is 0 Å². The van der Waals surface area contributed by atoms with Crippen LogP contribution < -0.4 is 14.8 Å². The van der Waals surface area contributed by atoms with E-state index in [-0.39, 0.29) is 6.10 Å². The number of hydrogen-bond donors (Lipinski definition) is 1. The maximum absolute atomic E-state index is 13.0. The van der Waals surface area contributed by atoms with Gasteiger partial charge in [0.2, 0.25) is 5.95 Å². The number of aromatic nitrogens is 3. The van der Waals surface area contributed by atoms with Gasteiger partial charge in [-0.3, -0.25) is 0 Å². The molecule has 4 rings (SSSR count). The molecule has 1 aliphatic heterocycles. The summed E-state index contributed by atoms with van der Waals surface area (Å²) in [5, 5.41) is 8.10. The first-order chi connectivity index (χ1) is 15.9. The summed E-state index contributed by atoms with van der Waals surface area (Å²) in [7, 11) is 1.57. The molecular formula is C24H25ClN4O4. The van der Waals surface area contributed by atoms with E-state index in [2.05, 4.69) is 15.4 Å². The van der Waals surface area contributed by atoms with Gasteiger partial charge in [-0.25, -0.2) is 9.48 Å². The number of benzene rings is 2. The van der Waals surface area contributed by atoms with E-state index in [1.807, 2.05) is 63.2 Å². The fourth-order valence-electron chi connectivity index (χ4n) is 3.69. The molecule has 9 heteroatoms. The Balaban J connectivity index is 1.69. The van der Waals surface area contributed by atoms with E-state index >= 15 is 0 Å². The summed E-state index contributed by atoms with van der Waals surface area (Å²) in [6, 6.07) is 12.5. The molecule has 0 amide bonds. The second-order valence-electron chi connectivity index (χ2n) is 7.84.